The van der Waals surface area contributed by atoms with Crippen LogP contribution in [0.15, 0.2) is 0 Å². The van der Waals surface area contributed by atoms with Gasteiger partial charge in [0.1, 0.15) is 0 Å². The molecule has 88 valence electrons. The molecule has 0 amide bonds. The van der Waals surface area contributed by atoms with Crippen molar-refractivity contribution in [2.75, 3.05) is 20.7 Å². The van der Waals surface area contributed by atoms with Gasteiger partial charge in [-0.25, -0.2) is 0 Å². The first-order chi connectivity index (χ1) is 7.17. The molecule has 2 nitrogen and oxygen atoms in total. The van der Waals surface area contributed by atoms with Crippen molar-refractivity contribution in [2.24, 2.45) is 5.92 Å². The third kappa shape index (κ3) is 2.21. The van der Waals surface area contributed by atoms with Crippen molar-refractivity contribution in [3.05, 3.63) is 0 Å². The predicted octanol–water partition coefficient (Wildman–Crippen LogP) is 2.68. The van der Waals surface area contributed by atoms with Crippen LogP contribution < -0.4 is 0 Å². The maximum absolute atomic E-state index is 6.03. The van der Waals surface area contributed by atoms with Crippen LogP contribution >= 0.6 is 0 Å². The van der Waals surface area contributed by atoms with E-state index in [4.69, 9.17) is 4.74 Å². The van der Waals surface area contributed by atoms with E-state index in [2.05, 4.69) is 25.9 Å². The molecule has 0 aromatic carbocycles. The molecule has 3 unspecified atom stereocenters. The van der Waals surface area contributed by atoms with Crippen LogP contribution in [0.5, 0.6) is 0 Å². The quantitative estimate of drug-likeness (QED) is 0.696. The fourth-order valence-corrected chi connectivity index (χ4v) is 3.48. The second-order valence-electron chi connectivity index (χ2n) is 5.58. The van der Waals surface area contributed by atoms with Gasteiger partial charge in [-0.2, -0.15) is 0 Å². The van der Waals surface area contributed by atoms with Crippen LogP contribution in [0.1, 0.15) is 45.4 Å². The number of ether oxygens (including phenoxy) is 1. The van der Waals surface area contributed by atoms with E-state index in [0.29, 0.717) is 0 Å². The summed E-state index contributed by atoms with van der Waals surface area (Å²) in [7, 11) is 4.45. The van der Waals surface area contributed by atoms with E-state index >= 15 is 0 Å². The number of rotatable bonds is 2. The van der Waals surface area contributed by atoms with Gasteiger partial charge in [0.25, 0.3) is 0 Å². The van der Waals surface area contributed by atoms with Gasteiger partial charge in [-0.3, -0.25) is 0 Å². The first kappa shape index (κ1) is 11.4. The van der Waals surface area contributed by atoms with Crippen molar-refractivity contribution >= 4 is 0 Å². The largest absolute Gasteiger partial charge is 0.375 e. The molecule has 1 spiro atoms. The summed E-state index contributed by atoms with van der Waals surface area (Å²) < 4.78 is 6.03. The fraction of sp³-hybridized carbons (Fsp3) is 1.00. The van der Waals surface area contributed by atoms with Crippen molar-refractivity contribution in [2.45, 2.75) is 57.1 Å². The Hall–Kier alpha value is -0.0800. The minimum atomic E-state index is 0.264. The van der Waals surface area contributed by atoms with E-state index in [0.717, 1.165) is 18.6 Å². The maximum Gasteiger partial charge on any atom is 0.0698 e. The molecule has 0 radical (unpaired) electrons. The van der Waals surface area contributed by atoms with Crippen LogP contribution in [0.2, 0.25) is 0 Å². The lowest BCUT2D eigenvalue weighted by atomic mass is 9.73. The number of nitrogens with zero attached hydrogens (tertiary/aromatic N) is 1. The molecule has 2 fully saturated rings. The number of hydrogen-bond acceptors (Lipinski definition) is 2. The molecule has 0 bridgehead atoms. The van der Waals surface area contributed by atoms with E-state index in [9.17, 15) is 0 Å². The Balaban J connectivity index is 2.05. The standard InChI is InChI=1S/C13H25NO/c1-4-11-6-8-13(7-5-9-15-13)10-12(11)14(2)3/h11-12H,4-10H2,1-3H3. The summed E-state index contributed by atoms with van der Waals surface area (Å²) in [5, 5.41) is 0. The zero-order valence-corrected chi connectivity index (χ0v) is 10.5. The second-order valence-corrected chi connectivity index (χ2v) is 5.58. The van der Waals surface area contributed by atoms with Crippen LogP contribution in [-0.4, -0.2) is 37.2 Å². The lowest BCUT2D eigenvalue weighted by Gasteiger charge is -2.44. The normalized spacial score (nSPS) is 41.6. The third-order valence-electron chi connectivity index (χ3n) is 4.47. The van der Waals surface area contributed by atoms with Crippen LogP contribution in [-0.2, 0) is 4.74 Å². The van der Waals surface area contributed by atoms with E-state index in [-0.39, 0.29) is 5.60 Å². The molecule has 3 atom stereocenters. The Morgan fingerprint density at radius 2 is 2.13 bits per heavy atom. The summed E-state index contributed by atoms with van der Waals surface area (Å²) in [6.45, 7) is 3.33. The van der Waals surface area contributed by atoms with Gasteiger partial charge in [0.2, 0.25) is 0 Å². The van der Waals surface area contributed by atoms with Gasteiger partial charge < -0.3 is 9.64 Å². The molecule has 1 saturated carbocycles. The smallest absolute Gasteiger partial charge is 0.0698 e. The van der Waals surface area contributed by atoms with Gasteiger partial charge in [-0.05, 0) is 52.1 Å². The van der Waals surface area contributed by atoms with Crippen LogP contribution in [0.4, 0.5) is 0 Å². The van der Waals surface area contributed by atoms with Crippen LogP contribution in [0, 0.1) is 5.92 Å². The maximum atomic E-state index is 6.03. The molecular formula is C13H25NO. The predicted molar refractivity (Wildman–Crippen MR) is 63.0 cm³/mol. The number of hydrogen-bond donors (Lipinski definition) is 0. The van der Waals surface area contributed by atoms with Crippen LogP contribution in [0.25, 0.3) is 0 Å². The molecule has 15 heavy (non-hydrogen) atoms. The Morgan fingerprint density at radius 3 is 2.67 bits per heavy atom. The molecule has 1 aliphatic carbocycles. The van der Waals surface area contributed by atoms with E-state index in [1.54, 1.807) is 0 Å². The molecular weight excluding hydrogens is 186 g/mol. The topological polar surface area (TPSA) is 12.5 Å². The summed E-state index contributed by atoms with van der Waals surface area (Å²) >= 11 is 0. The highest BCUT2D eigenvalue weighted by molar-refractivity contribution is 4.96. The molecule has 0 N–H and O–H groups in total. The van der Waals surface area contributed by atoms with Gasteiger partial charge in [0.15, 0.2) is 0 Å². The second kappa shape index (κ2) is 4.42. The highest BCUT2D eigenvalue weighted by Gasteiger charge is 2.43. The lowest BCUT2D eigenvalue weighted by Crippen LogP contribution is -2.47. The fourth-order valence-electron chi connectivity index (χ4n) is 3.48. The zero-order valence-electron chi connectivity index (χ0n) is 10.5. The monoisotopic (exact) mass is 211 g/mol. The zero-order chi connectivity index (χ0) is 10.9. The summed E-state index contributed by atoms with van der Waals surface area (Å²) in [4.78, 5) is 2.41. The molecule has 0 aromatic heterocycles. The lowest BCUT2D eigenvalue weighted by molar-refractivity contribution is -0.0618. The molecule has 2 aliphatic rings. The molecule has 2 heteroatoms. The first-order valence-corrected chi connectivity index (χ1v) is 6.47. The van der Waals surface area contributed by atoms with Crippen molar-refractivity contribution in [1.29, 1.82) is 0 Å². The van der Waals surface area contributed by atoms with Gasteiger partial charge in [-0.1, -0.05) is 13.3 Å². The third-order valence-corrected chi connectivity index (χ3v) is 4.47. The molecule has 1 saturated heterocycles. The molecule has 1 aliphatic heterocycles. The van der Waals surface area contributed by atoms with Gasteiger partial charge in [-0.15, -0.1) is 0 Å². The Kier molecular flexibility index (Phi) is 3.36. The Bertz CT molecular complexity index is 209. The summed E-state index contributed by atoms with van der Waals surface area (Å²) in [5.41, 5.74) is 0.264. The van der Waals surface area contributed by atoms with Gasteiger partial charge in [0, 0.05) is 12.6 Å². The summed E-state index contributed by atoms with van der Waals surface area (Å²) in [5.74, 6) is 0.884. The molecule has 1 heterocycles. The van der Waals surface area contributed by atoms with Gasteiger partial charge in [0.05, 0.1) is 5.60 Å². The Labute approximate surface area is 94.0 Å². The minimum Gasteiger partial charge on any atom is -0.375 e. The van der Waals surface area contributed by atoms with Crippen molar-refractivity contribution in [1.82, 2.24) is 4.90 Å². The molecule has 0 aromatic rings. The first-order valence-electron chi connectivity index (χ1n) is 6.47. The molecule has 2 rings (SSSR count). The van der Waals surface area contributed by atoms with Crippen molar-refractivity contribution < 1.29 is 4.74 Å². The van der Waals surface area contributed by atoms with Gasteiger partial charge >= 0.3 is 0 Å². The summed E-state index contributed by atoms with van der Waals surface area (Å²) in [6, 6.07) is 0.738. The minimum absolute atomic E-state index is 0.264. The highest BCUT2D eigenvalue weighted by atomic mass is 16.5. The van der Waals surface area contributed by atoms with E-state index in [1.165, 1.54) is 38.5 Å². The SMILES string of the molecule is CCC1CCC2(CCCO2)CC1N(C)C. The van der Waals surface area contributed by atoms with E-state index in [1.807, 2.05) is 0 Å². The highest BCUT2D eigenvalue weighted by Crippen LogP contribution is 2.43. The van der Waals surface area contributed by atoms with Crippen molar-refractivity contribution in [3.8, 4) is 0 Å². The van der Waals surface area contributed by atoms with Crippen molar-refractivity contribution in [3.63, 3.8) is 0 Å². The Morgan fingerprint density at radius 1 is 1.33 bits per heavy atom. The van der Waals surface area contributed by atoms with Crippen LogP contribution in [0.3, 0.4) is 0 Å². The van der Waals surface area contributed by atoms with E-state index < -0.39 is 0 Å². The average Bonchev–Trinajstić information content (AvgIpc) is 2.66. The average molecular weight is 211 g/mol. The summed E-state index contributed by atoms with van der Waals surface area (Å²) in [6.07, 6.45) is 7.82.